The second kappa shape index (κ2) is 7.74. The lowest BCUT2D eigenvalue weighted by atomic mass is 9.93. The maximum Gasteiger partial charge on any atom is 0.303 e. The molecule has 3 aromatic rings. The SMILES string of the molecule is O=C(O)CCc1ccc(C(=O)c2ccc(O)cc2-c2ccc(O)cc2)cc1. The van der Waals surface area contributed by atoms with Gasteiger partial charge in [0.1, 0.15) is 11.5 Å². The fraction of sp³-hybridized carbons (Fsp3) is 0.0909. The van der Waals surface area contributed by atoms with E-state index in [4.69, 9.17) is 5.11 Å². The van der Waals surface area contributed by atoms with Gasteiger partial charge in [-0.15, -0.1) is 0 Å². The monoisotopic (exact) mass is 362 g/mol. The minimum Gasteiger partial charge on any atom is -0.508 e. The first-order valence-corrected chi connectivity index (χ1v) is 8.42. The van der Waals surface area contributed by atoms with Gasteiger partial charge in [-0.05, 0) is 53.4 Å². The Kier molecular flexibility index (Phi) is 5.22. The predicted molar refractivity (Wildman–Crippen MR) is 101 cm³/mol. The summed E-state index contributed by atoms with van der Waals surface area (Å²) in [4.78, 5) is 23.6. The second-order valence-corrected chi connectivity index (χ2v) is 6.20. The molecule has 0 aliphatic heterocycles. The number of carbonyl (C=O) groups is 2. The molecule has 0 heterocycles. The fourth-order valence-electron chi connectivity index (χ4n) is 2.84. The van der Waals surface area contributed by atoms with Crippen molar-refractivity contribution < 1.29 is 24.9 Å². The number of carboxylic acids is 1. The molecule has 0 bridgehead atoms. The molecule has 0 fully saturated rings. The zero-order valence-electron chi connectivity index (χ0n) is 14.4. The van der Waals surface area contributed by atoms with Crippen LogP contribution in [-0.4, -0.2) is 27.1 Å². The second-order valence-electron chi connectivity index (χ2n) is 6.20. The number of phenolic OH excluding ortho intramolecular Hbond substituents is 2. The fourth-order valence-corrected chi connectivity index (χ4v) is 2.84. The van der Waals surface area contributed by atoms with Gasteiger partial charge in [-0.25, -0.2) is 0 Å². The van der Waals surface area contributed by atoms with Gasteiger partial charge in [-0.3, -0.25) is 9.59 Å². The third-order valence-corrected chi connectivity index (χ3v) is 4.27. The zero-order chi connectivity index (χ0) is 19.4. The van der Waals surface area contributed by atoms with E-state index >= 15 is 0 Å². The molecule has 136 valence electrons. The summed E-state index contributed by atoms with van der Waals surface area (Å²) in [6, 6.07) is 17.8. The van der Waals surface area contributed by atoms with Crippen molar-refractivity contribution in [3.63, 3.8) is 0 Å². The van der Waals surface area contributed by atoms with Crippen LogP contribution in [0.5, 0.6) is 11.5 Å². The van der Waals surface area contributed by atoms with Gasteiger partial charge in [-0.1, -0.05) is 36.4 Å². The molecule has 5 nitrogen and oxygen atoms in total. The molecule has 0 amide bonds. The Morgan fingerprint density at radius 3 is 2.04 bits per heavy atom. The molecule has 0 aromatic heterocycles. The van der Waals surface area contributed by atoms with Crippen LogP contribution in [0.2, 0.25) is 0 Å². The van der Waals surface area contributed by atoms with Gasteiger partial charge in [0.25, 0.3) is 0 Å². The van der Waals surface area contributed by atoms with E-state index in [9.17, 15) is 19.8 Å². The van der Waals surface area contributed by atoms with Gasteiger partial charge >= 0.3 is 5.97 Å². The number of aryl methyl sites for hydroxylation is 1. The van der Waals surface area contributed by atoms with Crippen molar-refractivity contribution in [2.24, 2.45) is 0 Å². The Balaban J connectivity index is 1.93. The van der Waals surface area contributed by atoms with E-state index in [1.54, 1.807) is 42.5 Å². The van der Waals surface area contributed by atoms with Crippen molar-refractivity contribution in [2.45, 2.75) is 12.8 Å². The quantitative estimate of drug-likeness (QED) is 0.576. The van der Waals surface area contributed by atoms with Crippen LogP contribution in [0.15, 0.2) is 66.7 Å². The number of carboxylic acid groups (broad SMARTS) is 1. The third-order valence-electron chi connectivity index (χ3n) is 4.27. The maximum absolute atomic E-state index is 13.0. The largest absolute Gasteiger partial charge is 0.508 e. The van der Waals surface area contributed by atoms with E-state index in [1.165, 1.54) is 24.3 Å². The van der Waals surface area contributed by atoms with Crippen molar-refractivity contribution >= 4 is 11.8 Å². The summed E-state index contributed by atoms with van der Waals surface area (Å²) < 4.78 is 0. The summed E-state index contributed by atoms with van der Waals surface area (Å²) in [5.41, 5.74) is 3.01. The lowest BCUT2D eigenvalue weighted by Gasteiger charge is -2.11. The highest BCUT2D eigenvalue weighted by molar-refractivity contribution is 6.13. The van der Waals surface area contributed by atoms with Gasteiger partial charge in [0, 0.05) is 17.5 Å². The number of aliphatic carboxylic acids is 1. The summed E-state index contributed by atoms with van der Waals surface area (Å²) in [5, 5.41) is 28.1. The highest BCUT2D eigenvalue weighted by Gasteiger charge is 2.16. The van der Waals surface area contributed by atoms with Crippen molar-refractivity contribution in [1.29, 1.82) is 0 Å². The third kappa shape index (κ3) is 4.33. The van der Waals surface area contributed by atoms with E-state index < -0.39 is 5.97 Å². The first-order chi connectivity index (χ1) is 12.9. The van der Waals surface area contributed by atoms with Gasteiger partial charge in [0.2, 0.25) is 0 Å². The summed E-state index contributed by atoms with van der Waals surface area (Å²) in [7, 11) is 0. The first-order valence-electron chi connectivity index (χ1n) is 8.42. The molecule has 0 atom stereocenters. The Morgan fingerprint density at radius 2 is 1.41 bits per heavy atom. The van der Waals surface area contributed by atoms with Crippen LogP contribution in [0.1, 0.15) is 27.9 Å². The molecule has 27 heavy (non-hydrogen) atoms. The summed E-state index contributed by atoms with van der Waals surface area (Å²) in [6.07, 6.45) is 0.442. The van der Waals surface area contributed by atoms with E-state index in [0.29, 0.717) is 28.7 Å². The van der Waals surface area contributed by atoms with E-state index in [1.807, 2.05) is 0 Å². The Labute approximate surface area is 156 Å². The van der Waals surface area contributed by atoms with Crippen LogP contribution in [-0.2, 0) is 11.2 Å². The summed E-state index contributed by atoms with van der Waals surface area (Å²) >= 11 is 0. The molecule has 0 saturated heterocycles. The molecule has 0 aliphatic rings. The Bertz CT molecular complexity index is 973. The first kappa shape index (κ1) is 18.2. The van der Waals surface area contributed by atoms with E-state index in [-0.39, 0.29) is 23.7 Å². The van der Waals surface area contributed by atoms with Crippen molar-refractivity contribution in [3.05, 3.63) is 83.4 Å². The number of rotatable bonds is 6. The van der Waals surface area contributed by atoms with Crippen LogP contribution in [0, 0.1) is 0 Å². The number of phenols is 2. The summed E-state index contributed by atoms with van der Waals surface area (Å²) in [6.45, 7) is 0. The number of aromatic hydroxyl groups is 2. The van der Waals surface area contributed by atoms with E-state index in [0.717, 1.165) is 5.56 Å². The molecular formula is C22H18O5. The Hall–Kier alpha value is -3.60. The molecule has 0 spiro atoms. The Morgan fingerprint density at radius 1 is 0.778 bits per heavy atom. The van der Waals surface area contributed by atoms with E-state index in [2.05, 4.69) is 0 Å². The number of hydrogen-bond acceptors (Lipinski definition) is 4. The maximum atomic E-state index is 13.0. The molecule has 3 aromatic carbocycles. The average molecular weight is 362 g/mol. The standard InChI is InChI=1S/C22H18O5/c23-17-8-6-15(7-9-17)20-13-18(24)10-11-19(20)22(27)16-4-1-14(2-5-16)3-12-21(25)26/h1-2,4-11,13,23-24H,3,12H2,(H,25,26). The highest BCUT2D eigenvalue weighted by atomic mass is 16.4. The number of benzene rings is 3. The minimum atomic E-state index is -0.863. The van der Waals surface area contributed by atoms with Gasteiger partial charge in [-0.2, -0.15) is 0 Å². The lowest BCUT2D eigenvalue weighted by Crippen LogP contribution is -2.04. The summed E-state index contributed by atoms with van der Waals surface area (Å²) in [5.74, 6) is -0.914. The van der Waals surface area contributed by atoms with Crippen LogP contribution < -0.4 is 0 Å². The average Bonchev–Trinajstić information content (AvgIpc) is 2.67. The van der Waals surface area contributed by atoms with Gasteiger partial charge in [0.15, 0.2) is 5.78 Å². The van der Waals surface area contributed by atoms with Crippen molar-refractivity contribution in [3.8, 4) is 22.6 Å². The van der Waals surface area contributed by atoms with Crippen LogP contribution in [0.3, 0.4) is 0 Å². The minimum absolute atomic E-state index is 0.0380. The molecule has 0 unspecified atom stereocenters. The van der Waals surface area contributed by atoms with Crippen LogP contribution in [0.4, 0.5) is 0 Å². The number of ketones is 1. The van der Waals surface area contributed by atoms with Gasteiger partial charge < -0.3 is 15.3 Å². The van der Waals surface area contributed by atoms with Crippen molar-refractivity contribution in [2.75, 3.05) is 0 Å². The highest BCUT2D eigenvalue weighted by Crippen LogP contribution is 2.30. The zero-order valence-corrected chi connectivity index (χ0v) is 14.4. The lowest BCUT2D eigenvalue weighted by molar-refractivity contribution is -0.136. The smallest absolute Gasteiger partial charge is 0.303 e. The number of carbonyl (C=O) groups excluding carboxylic acids is 1. The van der Waals surface area contributed by atoms with Crippen molar-refractivity contribution in [1.82, 2.24) is 0 Å². The van der Waals surface area contributed by atoms with Crippen LogP contribution in [0.25, 0.3) is 11.1 Å². The molecule has 0 aliphatic carbocycles. The number of hydrogen-bond donors (Lipinski definition) is 3. The molecule has 5 heteroatoms. The predicted octanol–water partition coefficient (Wildman–Crippen LogP) is 4.01. The molecule has 3 N–H and O–H groups in total. The molecule has 3 rings (SSSR count). The topological polar surface area (TPSA) is 94.8 Å². The van der Waals surface area contributed by atoms with Gasteiger partial charge in [0.05, 0.1) is 0 Å². The normalized spacial score (nSPS) is 10.5. The molecular weight excluding hydrogens is 344 g/mol. The van der Waals surface area contributed by atoms with Crippen LogP contribution >= 0.6 is 0 Å². The molecule has 0 saturated carbocycles. The molecule has 0 radical (unpaired) electrons.